The Morgan fingerprint density at radius 2 is 1.96 bits per heavy atom. The van der Waals surface area contributed by atoms with Gasteiger partial charge in [0.25, 0.3) is 0 Å². The molecule has 1 fully saturated rings. The zero-order valence-electron chi connectivity index (χ0n) is 14.2. The van der Waals surface area contributed by atoms with Gasteiger partial charge in [-0.05, 0) is 38.5 Å². The first-order valence-electron chi connectivity index (χ1n) is 7.95. The standard InChI is InChI=1S/C17H24F2N2O3/c1-17(2,3)21(16(23)24)15-10-20(6-7-22)9-12(15)11-4-5-13(18)14(19)8-11/h4-5,8,12,15,22H,6-7,9-10H2,1-3H3,(H,23,24)/t12-,15+/m0/s1. The van der Waals surface area contributed by atoms with Crippen LogP contribution in [0.2, 0.25) is 0 Å². The summed E-state index contributed by atoms with van der Waals surface area (Å²) in [6.45, 7) is 6.70. The predicted octanol–water partition coefficient (Wildman–Crippen LogP) is 2.50. The lowest BCUT2D eigenvalue weighted by Gasteiger charge is -2.40. The van der Waals surface area contributed by atoms with Gasteiger partial charge in [0, 0.05) is 31.1 Å². The van der Waals surface area contributed by atoms with Crippen molar-refractivity contribution in [1.82, 2.24) is 9.80 Å². The van der Waals surface area contributed by atoms with Crippen molar-refractivity contribution in [3.63, 3.8) is 0 Å². The minimum atomic E-state index is -1.05. The van der Waals surface area contributed by atoms with E-state index in [9.17, 15) is 23.8 Å². The first-order valence-corrected chi connectivity index (χ1v) is 7.95. The van der Waals surface area contributed by atoms with Crippen LogP contribution in [0.1, 0.15) is 32.3 Å². The van der Waals surface area contributed by atoms with Crippen molar-refractivity contribution in [2.75, 3.05) is 26.2 Å². The summed E-state index contributed by atoms with van der Waals surface area (Å²) in [5, 5.41) is 18.8. The summed E-state index contributed by atoms with van der Waals surface area (Å²) < 4.78 is 26.9. The summed E-state index contributed by atoms with van der Waals surface area (Å²) in [5.41, 5.74) is -0.0717. The van der Waals surface area contributed by atoms with E-state index >= 15 is 0 Å². The molecule has 1 aromatic carbocycles. The van der Waals surface area contributed by atoms with Gasteiger partial charge in [0.1, 0.15) is 0 Å². The second kappa shape index (κ2) is 7.03. The average Bonchev–Trinajstić information content (AvgIpc) is 2.83. The van der Waals surface area contributed by atoms with Gasteiger partial charge in [-0.15, -0.1) is 0 Å². The smallest absolute Gasteiger partial charge is 0.408 e. The van der Waals surface area contributed by atoms with Crippen molar-refractivity contribution >= 4 is 6.09 Å². The van der Waals surface area contributed by atoms with Crippen molar-refractivity contribution in [1.29, 1.82) is 0 Å². The Morgan fingerprint density at radius 1 is 1.29 bits per heavy atom. The van der Waals surface area contributed by atoms with Gasteiger partial charge in [-0.2, -0.15) is 0 Å². The van der Waals surface area contributed by atoms with E-state index in [1.807, 2.05) is 4.90 Å². The Kier molecular flexibility index (Phi) is 5.45. The first-order chi connectivity index (χ1) is 11.1. The summed E-state index contributed by atoms with van der Waals surface area (Å²) in [4.78, 5) is 15.1. The lowest BCUT2D eigenvalue weighted by molar-refractivity contribution is 0.0673. The highest BCUT2D eigenvalue weighted by Gasteiger charge is 2.43. The van der Waals surface area contributed by atoms with Crippen LogP contribution in [0.4, 0.5) is 13.6 Å². The number of halogens is 2. The molecule has 1 aliphatic rings. The summed E-state index contributed by atoms with van der Waals surface area (Å²) >= 11 is 0. The number of carboxylic acid groups (broad SMARTS) is 1. The molecule has 0 bridgehead atoms. The number of aliphatic hydroxyl groups excluding tert-OH is 1. The molecular weight excluding hydrogens is 318 g/mol. The minimum absolute atomic E-state index is 0.0419. The summed E-state index contributed by atoms with van der Waals surface area (Å²) in [6, 6.07) is 3.30. The molecule has 0 saturated carbocycles. The summed E-state index contributed by atoms with van der Waals surface area (Å²) in [6.07, 6.45) is -1.05. The molecular formula is C17H24F2N2O3. The third-order valence-electron chi connectivity index (χ3n) is 4.41. The molecule has 5 nitrogen and oxygen atoms in total. The predicted molar refractivity (Wildman–Crippen MR) is 86.0 cm³/mol. The molecule has 0 radical (unpaired) electrons. The highest BCUT2D eigenvalue weighted by atomic mass is 19.2. The molecule has 24 heavy (non-hydrogen) atoms. The first kappa shape index (κ1) is 18.6. The number of benzene rings is 1. The molecule has 2 atom stereocenters. The average molecular weight is 342 g/mol. The van der Waals surface area contributed by atoms with Crippen LogP contribution in [0, 0.1) is 11.6 Å². The maximum absolute atomic E-state index is 13.6. The Morgan fingerprint density at radius 3 is 2.46 bits per heavy atom. The second-order valence-electron chi connectivity index (χ2n) is 7.15. The number of likely N-dealkylation sites (tertiary alicyclic amines) is 1. The zero-order chi connectivity index (χ0) is 18.1. The molecule has 2 rings (SSSR count). The fourth-order valence-corrected chi connectivity index (χ4v) is 3.45. The van der Waals surface area contributed by atoms with Crippen LogP contribution in [0.3, 0.4) is 0 Å². The maximum Gasteiger partial charge on any atom is 0.408 e. The largest absolute Gasteiger partial charge is 0.465 e. The Bertz CT molecular complexity index is 604. The third kappa shape index (κ3) is 3.84. The van der Waals surface area contributed by atoms with E-state index in [0.29, 0.717) is 25.2 Å². The Hall–Kier alpha value is -1.73. The quantitative estimate of drug-likeness (QED) is 0.882. The van der Waals surface area contributed by atoms with Crippen molar-refractivity contribution in [3.8, 4) is 0 Å². The number of amides is 1. The van der Waals surface area contributed by atoms with Gasteiger partial charge in [-0.3, -0.25) is 9.80 Å². The van der Waals surface area contributed by atoms with E-state index in [4.69, 9.17) is 0 Å². The van der Waals surface area contributed by atoms with E-state index < -0.39 is 29.3 Å². The van der Waals surface area contributed by atoms with Gasteiger partial charge in [0.15, 0.2) is 11.6 Å². The number of aliphatic hydroxyl groups is 1. The second-order valence-corrected chi connectivity index (χ2v) is 7.15. The molecule has 1 aromatic rings. The highest BCUT2D eigenvalue weighted by Crippen LogP contribution is 2.35. The molecule has 1 amide bonds. The lowest BCUT2D eigenvalue weighted by Crippen LogP contribution is -2.53. The molecule has 1 saturated heterocycles. The number of hydrogen-bond donors (Lipinski definition) is 2. The van der Waals surface area contributed by atoms with Gasteiger partial charge in [-0.25, -0.2) is 13.6 Å². The Balaban J connectivity index is 2.40. The van der Waals surface area contributed by atoms with E-state index in [-0.39, 0.29) is 12.5 Å². The maximum atomic E-state index is 13.6. The molecule has 7 heteroatoms. The van der Waals surface area contributed by atoms with E-state index in [0.717, 1.165) is 12.1 Å². The fourth-order valence-electron chi connectivity index (χ4n) is 3.45. The number of rotatable bonds is 4. The fraction of sp³-hybridized carbons (Fsp3) is 0.588. The van der Waals surface area contributed by atoms with Gasteiger partial charge in [0.05, 0.1) is 12.6 Å². The molecule has 1 heterocycles. The molecule has 0 spiro atoms. The van der Waals surface area contributed by atoms with Crippen molar-refractivity contribution in [2.45, 2.75) is 38.3 Å². The number of carbonyl (C=O) groups is 1. The lowest BCUT2D eigenvalue weighted by atomic mass is 9.90. The van der Waals surface area contributed by atoms with Crippen molar-refractivity contribution in [3.05, 3.63) is 35.4 Å². The molecule has 0 aromatic heterocycles. The van der Waals surface area contributed by atoms with Crippen LogP contribution in [0.5, 0.6) is 0 Å². The van der Waals surface area contributed by atoms with E-state index in [2.05, 4.69) is 0 Å². The SMILES string of the molecule is CC(C)(C)N(C(=O)O)[C@@H]1CN(CCO)C[C@H]1c1ccc(F)c(F)c1. The van der Waals surface area contributed by atoms with Crippen LogP contribution in [-0.2, 0) is 0 Å². The molecule has 2 N–H and O–H groups in total. The zero-order valence-corrected chi connectivity index (χ0v) is 14.2. The molecule has 0 unspecified atom stereocenters. The summed E-state index contributed by atoms with van der Waals surface area (Å²) in [5.74, 6) is -2.15. The van der Waals surface area contributed by atoms with Gasteiger partial charge in [0.2, 0.25) is 0 Å². The normalized spacial score (nSPS) is 21.9. The van der Waals surface area contributed by atoms with Crippen LogP contribution in [0.25, 0.3) is 0 Å². The van der Waals surface area contributed by atoms with Gasteiger partial charge < -0.3 is 10.2 Å². The third-order valence-corrected chi connectivity index (χ3v) is 4.41. The Labute approximate surface area is 140 Å². The summed E-state index contributed by atoms with van der Waals surface area (Å²) in [7, 11) is 0. The van der Waals surface area contributed by atoms with Crippen LogP contribution in [0.15, 0.2) is 18.2 Å². The molecule has 134 valence electrons. The number of hydrogen-bond acceptors (Lipinski definition) is 3. The topological polar surface area (TPSA) is 64.0 Å². The van der Waals surface area contributed by atoms with Crippen molar-refractivity contribution < 1.29 is 23.8 Å². The van der Waals surface area contributed by atoms with Crippen molar-refractivity contribution in [2.24, 2.45) is 0 Å². The number of nitrogens with zero attached hydrogens (tertiary/aromatic N) is 2. The number of β-amino-alcohol motifs (C(OH)–C–C–N with tert-alkyl or cyclic N) is 1. The molecule has 1 aliphatic heterocycles. The minimum Gasteiger partial charge on any atom is -0.465 e. The monoisotopic (exact) mass is 342 g/mol. The van der Waals surface area contributed by atoms with E-state index in [1.54, 1.807) is 20.8 Å². The van der Waals surface area contributed by atoms with Gasteiger partial charge in [-0.1, -0.05) is 6.07 Å². The highest BCUT2D eigenvalue weighted by molar-refractivity contribution is 5.67. The van der Waals surface area contributed by atoms with E-state index in [1.165, 1.54) is 11.0 Å². The van der Waals surface area contributed by atoms with Crippen LogP contribution < -0.4 is 0 Å². The van der Waals surface area contributed by atoms with Gasteiger partial charge >= 0.3 is 6.09 Å². The molecule has 0 aliphatic carbocycles. The van der Waals surface area contributed by atoms with Crippen LogP contribution in [-0.4, -0.2) is 63.9 Å². The van der Waals surface area contributed by atoms with Crippen LogP contribution >= 0.6 is 0 Å².